The maximum Gasteiger partial charge on any atom is 0.140 e. The van der Waals surface area contributed by atoms with Crippen molar-refractivity contribution in [3.05, 3.63) is 17.1 Å². The summed E-state index contributed by atoms with van der Waals surface area (Å²) in [4.78, 5) is 9.20. The van der Waals surface area contributed by atoms with Crippen molar-refractivity contribution in [2.45, 2.75) is 45.8 Å². The third kappa shape index (κ3) is 3.87. The number of rotatable bonds is 6. The van der Waals surface area contributed by atoms with E-state index in [1.165, 1.54) is 17.7 Å². The highest BCUT2D eigenvalue weighted by molar-refractivity contribution is 7.98. The molecule has 1 rings (SSSR count). The van der Waals surface area contributed by atoms with Crippen LogP contribution in [-0.2, 0) is 5.75 Å². The second-order valence-electron chi connectivity index (χ2n) is 4.44. The minimum Gasteiger partial charge on any atom is -0.373 e. The van der Waals surface area contributed by atoms with Crippen LogP contribution in [0.3, 0.4) is 0 Å². The van der Waals surface area contributed by atoms with Crippen LogP contribution in [0.15, 0.2) is 0 Å². The molecule has 4 heteroatoms. The Labute approximate surface area is 109 Å². The van der Waals surface area contributed by atoms with E-state index in [0.717, 1.165) is 23.1 Å². The summed E-state index contributed by atoms with van der Waals surface area (Å²) in [6.45, 7) is 8.63. The van der Waals surface area contributed by atoms with Crippen LogP contribution in [0.4, 0.5) is 5.82 Å². The number of aryl methyl sites for hydroxylation is 1. The molecule has 0 saturated heterocycles. The van der Waals surface area contributed by atoms with Crippen LogP contribution >= 0.6 is 11.8 Å². The lowest BCUT2D eigenvalue weighted by Crippen LogP contribution is -2.08. The average Bonchev–Trinajstić information content (AvgIpc) is 2.27. The van der Waals surface area contributed by atoms with E-state index in [4.69, 9.17) is 0 Å². The summed E-state index contributed by atoms with van der Waals surface area (Å²) in [5, 5.41) is 3.19. The predicted octanol–water partition coefficient (Wildman–Crippen LogP) is 3.59. The van der Waals surface area contributed by atoms with E-state index >= 15 is 0 Å². The molecule has 3 nitrogen and oxygen atoms in total. The van der Waals surface area contributed by atoms with Gasteiger partial charge >= 0.3 is 0 Å². The lowest BCUT2D eigenvalue weighted by molar-refractivity contribution is 0.820. The number of nitrogens with one attached hydrogen (secondary N) is 1. The molecular weight excluding hydrogens is 230 g/mol. The van der Waals surface area contributed by atoms with E-state index < -0.39 is 0 Å². The lowest BCUT2D eigenvalue weighted by atomic mass is 10.0. The molecule has 0 aliphatic carbocycles. The number of nitrogens with zero attached hydrogens (tertiary/aromatic N) is 2. The fraction of sp³-hybridized carbons (Fsp3) is 0.692. The van der Waals surface area contributed by atoms with Gasteiger partial charge in [0, 0.05) is 18.3 Å². The molecule has 0 unspecified atom stereocenters. The smallest absolute Gasteiger partial charge is 0.140 e. The molecule has 17 heavy (non-hydrogen) atoms. The highest BCUT2D eigenvalue weighted by Gasteiger charge is 2.13. The Morgan fingerprint density at radius 2 is 2.00 bits per heavy atom. The van der Waals surface area contributed by atoms with Crippen LogP contribution in [0.5, 0.6) is 0 Å². The van der Waals surface area contributed by atoms with Gasteiger partial charge in [-0.25, -0.2) is 9.97 Å². The molecule has 1 aromatic heterocycles. The highest BCUT2D eigenvalue weighted by atomic mass is 32.2. The summed E-state index contributed by atoms with van der Waals surface area (Å²) < 4.78 is 0. The quantitative estimate of drug-likeness (QED) is 0.786. The van der Waals surface area contributed by atoms with Crippen LogP contribution in [0.1, 0.15) is 50.2 Å². The second-order valence-corrected chi connectivity index (χ2v) is 5.55. The monoisotopic (exact) mass is 253 g/mol. The van der Waals surface area contributed by atoms with E-state index in [1.54, 1.807) is 0 Å². The number of anilines is 1. The molecule has 96 valence electrons. The minimum atomic E-state index is 0.454. The molecule has 0 aliphatic rings. The predicted molar refractivity (Wildman–Crippen MR) is 76.9 cm³/mol. The lowest BCUT2D eigenvalue weighted by Gasteiger charge is -2.15. The molecule has 0 amide bonds. The van der Waals surface area contributed by atoms with Gasteiger partial charge in [-0.1, -0.05) is 20.8 Å². The van der Waals surface area contributed by atoms with E-state index in [2.05, 4.69) is 43.0 Å². The summed E-state index contributed by atoms with van der Waals surface area (Å²) >= 11 is 1.90. The molecule has 1 N–H and O–H groups in total. The molecule has 0 aliphatic heterocycles. The Kier molecular flexibility index (Phi) is 5.75. The Morgan fingerprint density at radius 1 is 1.29 bits per heavy atom. The van der Waals surface area contributed by atoms with E-state index in [1.807, 2.05) is 18.8 Å². The first-order valence-electron chi connectivity index (χ1n) is 6.23. The molecule has 0 spiro atoms. The molecule has 0 atom stereocenters. The first-order chi connectivity index (χ1) is 8.10. The van der Waals surface area contributed by atoms with Crippen molar-refractivity contribution in [1.82, 2.24) is 9.97 Å². The van der Waals surface area contributed by atoms with Crippen molar-refractivity contribution in [3.8, 4) is 0 Å². The van der Waals surface area contributed by atoms with E-state index in [-0.39, 0.29) is 0 Å². The van der Waals surface area contributed by atoms with Crippen LogP contribution in [0.2, 0.25) is 0 Å². The topological polar surface area (TPSA) is 37.8 Å². The molecule has 0 bridgehead atoms. The molecule has 1 aromatic rings. The number of hydrogen-bond acceptors (Lipinski definition) is 4. The normalized spacial score (nSPS) is 10.9. The molecular formula is C13H23N3S. The summed E-state index contributed by atoms with van der Waals surface area (Å²) in [5.41, 5.74) is 2.34. The van der Waals surface area contributed by atoms with E-state index in [9.17, 15) is 0 Å². The standard InChI is InChI=1S/C13H23N3S/c1-6-7-17-8-11-15-10(4)12(9(2)3)13(14-5)16-11/h9H,6-8H2,1-5H3,(H,14,15,16). The zero-order valence-corrected chi connectivity index (χ0v) is 12.3. The van der Waals surface area contributed by atoms with Crippen molar-refractivity contribution in [2.24, 2.45) is 0 Å². The van der Waals surface area contributed by atoms with Gasteiger partial charge in [-0.2, -0.15) is 11.8 Å². The Bertz CT molecular complexity index is 364. The van der Waals surface area contributed by atoms with Gasteiger partial charge in [-0.05, 0) is 25.0 Å². The maximum atomic E-state index is 4.60. The van der Waals surface area contributed by atoms with Crippen molar-refractivity contribution < 1.29 is 0 Å². The largest absolute Gasteiger partial charge is 0.373 e. The van der Waals surface area contributed by atoms with Gasteiger partial charge in [0.15, 0.2) is 0 Å². The van der Waals surface area contributed by atoms with Gasteiger partial charge < -0.3 is 5.32 Å². The molecule has 0 radical (unpaired) electrons. The average molecular weight is 253 g/mol. The molecule has 1 heterocycles. The van der Waals surface area contributed by atoms with E-state index in [0.29, 0.717) is 5.92 Å². The highest BCUT2D eigenvalue weighted by Crippen LogP contribution is 2.25. The SMILES string of the molecule is CCCSCc1nc(C)c(C(C)C)c(NC)n1. The maximum absolute atomic E-state index is 4.60. The van der Waals surface area contributed by atoms with Crippen molar-refractivity contribution >= 4 is 17.6 Å². The van der Waals surface area contributed by atoms with Crippen LogP contribution in [0.25, 0.3) is 0 Å². The Balaban J connectivity index is 2.92. The van der Waals surface area contributed by atoms with Gasteiger partial charge in [0.25, 0.3) is 0 Å². The van der Waals surface area contributed by atoms with Gasteiger partial charge in [0.2, 0.25) is 0 Å². The van der Waals surface area contributed by atoms with Gasteiger partial charge in [-0.15, -0.1) is 0 Å². The number of hydrogen-bond donors (Lipinski definition) is 1. The van der Waals surface area contributed by atoms with Gasteiger partial charge in [0.05, 0.1) is 5.75 Å². The number of aromatic nitrogens is 2. The van der Waals surface area contributed by atoms with Crippen molar-refractivity contribution in [3.63, 3.8) is 0 Å². The Hall–Kier alpha value is -0.770. The number of thioether (sulfide) groups is 1. The van der Waals surface area contributed by atoms with Crippen LogP contribution in [0, 0.1) is 6.92 Å². The Morgan fingerprint density at radius 3 is 2.53 bits per heavy atom. The van der Waals surface area contributed by atoms with Gasteiger partial charge in [-0.3, -0.25) is 0 Å². The first-order valence-corrected chi connectivity index (χ1v) is 7.38. The zero-order chi connectivity index (χ0) is 12.8. The van der Waals surface area contributed by atoms with Crippen LogP contribution < -0.4 is 5.32 Å². The second kappa shape index (κ2) is 6.84. The van der Waals surface area contributed by atoms with Crippen molar-refractivity contribution in [1.29, 1.82) is 0 Å². The minimum absolute atomic E-state index is 0.454. The summed E-state index contributed by atoms with van der Waals surface area (Å²) in [6.07, 6.45) is 1.20. The first kappa shape index (κ1) is 14.3. The van der Waals surface area contributed by atoms with Crippen LogP contribution in [-0.4, -0.2) is 22.8 Å². The fourth-order valence-corrected chi connectivity index (χ4v) is 2.64. The fourth-order valence-electron chi connectivity index (χ4n) is 1.89. The third-order valence-corrected chi connectivity index (χ3v) is 3.74. The summed E-state index contributed by atoms with van der Waals surface area (Å²) in [6, 6.07) is 0. The summed E-state index contributed by atoms with van der Waals surface area (Å²) in [5.74, 6) is 4.45. The third-order valence-electron chi connectivity index (χ3n) is 2.58. The molecule has 0 aromatic carbocycles. The van der Waals surface area contributed by atoms with Crippen molar-refractivity contribution in [2.75, 3.05) is 18.1 Å². The zero-order valence-electron chi connectivity index (χ0n) is 11.5. The van der Waals surface area contributed by atoms with Gasteiger partial charge in [0.1, 0.15) is 11.6 Å². The molecule has 0 saturated carbocycles. The molecule has 0 fully saturated rings. The summed E-state index contributed by atoms with van der Waals surface area (Å²) in [7, 11) is 1.93.